The smallest absolute Gasteiger partial charge is 0.162 e. The van der Waals surface area contributed by atoms with Crippen LogP contribution in [0, 0.1) is 0 Å². The lowest BCUT2D eigenvalue weighted by atomic mass is 9.74. The van der Waals surface area contributed by atoms with Crippen molar-refractivity contribution in [2.45, 2.75) is 59.0 Å². The first-order valence-electron chi connectivity index (χ1n) is 9.54. The molecule has 0 aromatic heterocycles. The number of hydrogen-bond donors (Lipinski definition) is 1. The summed E-state index contributed by atoms with van der Waals surface area (Å²) in [6.07, 6.45) is 0. The molecule has 3 rings (SSSR count). The van der Waals surface area contributed by atoms with Gasteiger partial charge < -0.3 is 9.84 Å². The second-order valence-corrected chi connectivity index (χ2v) is 9.34. The summed E-state index contributed by atoms with van der Waals surface area (Å²) in [5, 5.41) is 12.6. The molecule has 0 bridgehead atoms. The quantitative estimate of drug-likeness (QED) is 0.560. The van der Waals surface area contributed by atoms with Crippen LogP contribution >= 0.6 is 0 Å². The maximum absolute atomic E-state index is 10.5. The van der Waals surface area contributed by atoms with E-state index >= 15 is 0 Å². The highest BCUT2D eigenvalue weighted by atomic mass is 16.5. The predicted octanol–water partition coefficient (Wildman–Crippen LogP) is 6.72. The number of phenolic OH excluding ortho intramolecular Hbond substituents is 1. The van der Waals surface area contributed by atoms with E-state index < -0.39 is 0 Å². The van der Waals surface area contributed by atoms with E-state index in [1.807, 2.05) is 42.5 Å². The molecule has 0 amide bonds. The van der Waals surface area contributed by atoms with Crippen molar-refractivity contribution in [1.29, 1.82) is 0 Å². The van der Waals surface area contributed by atoms with Crippen molar-refractivity contribution in [2.75, 3.05) is 0 Å². The van der Waals surface area contributed by atoms with Crippen LogP contribution in [-0.2, 0) is 17.4 Å². The Labute approximate surface area is 162 Å². The Bertz CT molecular complexity index is 942. The zero-order valence-electron chi connectivity index (χ0n) is 17.3. The number of ether oxygens (including phenoxy) is 1. The number of aromatic hydroxyl groups is 1. The number of benzene rings is 3. The van der Waals surface area contributed by atoms with Crippen molar-refractivity contribution in [2.24, 2.45) is 0 Å². The van der Waals surface area contributed by atoms with Crippen LogP contribution in [-0.4, -0.2) is 5.11 Å². The highest BCUT2D eigenvalue weighted by molar-refractivity contribution is 5.88. The summed E-state index contributed by atoms with van der Waals surface area (Å²) in [6.45, 7) is 13.9. The maximum atomic E-state index is 10.5. The normalized spacial score (nSPS) is 12.4. The lowest BCUT2D eigenvalue weighted by Crippen LogP contribution is -2.21. The molecule has 0 heterocycles. The fraction of sp³-hybridized carbons (Fsp3) is 0.360. The molecule has 0 unspecified atom stereocenters. The van der Waals surface area contributed by atoms with E-state index in [1.165, 1.54) is 11.1 Å². The van der Waals surface area contributed by atoms with Gasteiger partial charge in [0.1, 0.15) is 6.61 Å². The second-order valence-electron chi connectivity index (χ2n) is 9.34. The number of fused-ring (bicyclic) bond motifs is 1. The lowest BCUT2D eigenvalue weighted by Gasteiger charge is -2.30. The van der Waals surface area contributed by atoms with Gasteiger partial charge in [-0.3, -0.25) is 0 Å². The van der Waals surface area contributed by atoms with Gasteiger partial charge in [-0.2, -0.15) is 0 Å². The lowest BCUT2D eigenvalue weighted by molar-refractivity contribution is 0.289. The third kappa shape index (κ3) is 4.27. The molecule has 2 nitrogen and oxygen atoms in total. The van der Waals surface area contributed by atoms with Crippen molar-refractivity contribution in [1.82, 2.24) is 0 Å². The van der Waals surface area contributed by atoms with Crippen molar-refractivity contribution in [3.8, 4) is 11.5 Å². The minimum Gasteiger partial charge on any atom is -0.504 e. The Morgan fingerprint density at radius 2 is 1.26 bits per heavy atom. The first-order valence-corrected chi connectivity index (χ1v) is 9.54. The van der Waals surface area contributed by atoms with Gasteiger partial charge in [-0.1, -0.05) is 84.0 Å². The van der Waals surface area contributed by atoms with Gasteiger partial charge in [-0.05, 0) is 50.4 Å². The molecule has 0 atom stereocenters. The summed E-state index contributed by atoms with van der Waals surface area (Å²) in [5.41, 5.74) is 3.81. The van der Waals surface area contributed by atoms with Gasteiger partial charge in [0, 0.05) is 0 Å². The maximum Gasteiger partial charge on any atom is 0.162 e. The number of hydrogen-bond acceptors (Lipinski definition) is 2. The van der Waals surface area contributed by atoms with E-state index in [0.717, 1.165) is 16.3 Å². The fourth-order valence-electron chi connectivity index (χ4n) is 3.41. The average molecular weight is 363 g/mol. The van der Waals surface area contributed by atoms with Gasteiger partial charge in [0.25, 0.3) is 0 Å². The van der Waals surface area contributed by atoms with Gasteiger partial charge in [0.05, 0.1) is 0 Å². The van der Waals surface area contributed by atoms with Gasteiger partial charge in [0.15, 0.2) is 11.5 Å². The topological polar surface area (TPSA) is 29.5 Å². The highest BCUT2D eigenvalue weighted by Gasteiger charge is 2.26. The van der Waals surface area contributed by atoms with Crippen LogP contribution in [0.4, 0.5) is 0 Å². The molecular weight excluding hydrogens is 332 g/mol. The first-order chi connectivity index (χ1) is 12.6. The Kier molecular flexibility index (Phi) is 4.94. The fourth-order valence-corrected chi connectivity index (χ4v) is 3.41. The van der Waals surface area contributed by atoms with Crippen LogP contribution in [0.1, 0.15) is 58.2 Å². The van der Waals surface area contributed by atoms with E-state index in [9.17, 15) is 5.11 Å². The molecule has 3 aromatic carbocycles. The second kappa shape index (κ2) is 6.92. The van der Waals surface area contributed by atoms with E-state index in [4.69, 9.17) is 4.74 Å². The largest absolute Gasteiger partial charge is 0.504 e. The monoisotopic (exact) mass is 362 g/mol. The van der Waals surface area contributed by atoms with Gasteiger partial charge in [-0.15, -0.1) is 0 Å². The molecule has 0 aliphatic heterocycles. The summed E-state index contributed by atoms with van der Waals surface area (Å²) in [6, 6.07) is 18.2. The molecule has 0 saturated carbocycles. The van der Waals surface area contributed by atoms with Crippen LogP contribution in [0.15, 0.2) is 54.6 Å². The Morgan fingerprint density at radius 3 is 1.78 bits per heavy atom. The molecule has 0 aliphatic rings. The summed E-state index contributed by atoms with van der Waals surface area (Å²) in [7, 11) is 0. The Morgan fingerprint density at radius 1 is 0.741 bits per heavy atom. The van der Waals surface area contributed by atoms with Gasteiger partial charge in [0.2, 0.25) is 0 Å². The SMILES string of the molecule is CC(C)(C)c1cc2cc(O)c(OCc3ccccc3)cc2cc1C(C)(C)C. The highest BCUT2D eigenvalue weighted by Crippen LogP contribution is 2.39. The van der Waals surface area contributed by atoms with Crippen LogP contribution in [0.3, 0.4) is 0 Å². The summed E-state index contributed by atoms with van der Waals surface area (Å²) >= 11 is 0. The molecule has 0 saturated heterocycles. The van der Waals surface area contributed by atoms with Crippen molar-refractivity contribution in [3.05, 3.63) is 71.3 Å². The van der Waals surface area contributed by atoms with Gasteiger partial charge in [-0.25, -0.2) is 0 Å². The zero-order valence-corrected chi connectivity index (χ0v) is 17.3. The van der Waals surface area contributed by atoms with E-state index in [1.54, 1.807) is 0 Å². The van der Waals surface area contributed by atoms with E-state index in [0.29, 0.717) is 12.4 Å². The summed E-state index contributed by atoms with van der Waals surface area (Å²) < 4.78 is 5.90. The standard InChI is InChI=1S/C25H30O2/c1-24(2,3)20-12-18-14-22(26)23(27-16-17-10-8-7-9-11-17)15-19(18)13-21(20)25(4,5)6/h7-15,26H,16H2,1-6H3. The third-order valence-corrected chi connectivity index (χ3v) is 4.91. The van der Waals surface area contributed by atoms with Crippen LogP contribution in [0.2, 0.25) is 0 Å². The summed E-state index contributed by atoms with van der Waals surface area (Å²) in [4.78, 5) is 0. The molecule has 27 heavy (non-hydrogen) atoms. The summed E-state index contributed by atoms with van der Waals surface area (Å²) in [5.74, 6) is 0.705. The molecule has 0 aliphatic carbocycles. The van der Waals surface area contributed by atoms with Crippen LogP contribution < -0.4 is 4.74 Å². The van der Waals surface area contributed by atoms with Crippen molar-refractivity contribution in [3.63, 3.8) is 0 Å². The number of rotatable bonds is 3. The zero-order chi connectivity index (χ0) is 19.8. The minimum atomic E-state index is 0.0366. The molecule has 0 radical (unpaired) electrons. The molecule has 142 valence electrons. The Hall–Kier alpha value is -2.48. The van der Waals surface area contributed by atoms with E-state index in [2.05, 4.69) is 53.7 Å². The molecule has 0 spiro atoms. The van der Waals surface area contributed by atoms with Gasteiger partial charge >= 0.3 is 0 Å². The molecule has 3 aromatic rings. The van der Waals surface area contributed by atoms with E-state index in [-0.39, 0.29) is 16.6 Å². The van der Waals surface area contributed by atoms with Crippen molar-refractivity contribution < 1.29 is 9.84 Å². The third-order valence-electron chi connectivity index (χ3n) is 4.91. The predicted molar refractivity (Wildman–Crippen MR) is 114 cm³/mol. The minimum absolute atomic E-state index is 0.0366. The van der Waals surface area contributed by atoms with Crippen LogP contribution in [0.25, 0.3) is 10.8 Å². The molecule has 2 heteroatoms. The Balaban J connectivity index is 2.05. The van der Waals surface area contributed by atoms with Crippen LogP contribution in [0.5, 0.6) is 11.5 Å². The molecule has 1 N–H and O–H groups in total. The molecule has 0 fully saturated rings. The molecular formula is C25H30O2. The average Bonchev–Trinajstić information content (AvgIpc) is 2.58. The van der Waals surface area contributed by atoms with Crippen molar-refractivity contribution >= 4 is 10.8 Å². The first kappa shape index (κ1) is 19.3. The number of phenols is 1.